The Balaban J connectivity index is 2.65. The number of rotatable bonds is 1. The van der Waals surface area contributed by atoms with Crippen LogP contribution in [0.25, 0.3) is 0 Å². The van der Waals surface area contributed by atoms with Crippen molar-refractivity contribution in [3.63, 3.8) is 0 Å². The smallest absolute Gasteiger partial charge is 0.248 e. The molecule has 0 fully saturated rings. The van der Waals surface area contributed by atoms with Gasteiger partial charge in [0, 0.05) is 11.9 Å². The fourth-order valence-electron chi connectivity index (χ4n) is 0.760. The molecule has 74 valence electrons. The third-order valence-corrected chi connectivity index (χ3v) is 1.53. The highest BCUT2D eigenvalue weighted by molar-refractivity contribution is 6.30. The summed E-state index contributed by atoms with van der Waals surface area (Å²) in [6.45, 7) is 1.13. The minimum absolute atomic E-state index is 0.221. The Morgan fingerprint density at radius 3 is 2.57 bits per heavy atom. The lowest BCUT2D eigenvalue weighted by atomic mass is 10.2. The van der Waals surface area contributed by atoms with Crippen LogP contribution in [0.15, 0.2) is 24.3 Å². The summed E-state index contributed by atoms with van der Waals surface area (Å²) < 4.78 is 0. The maximum absolute atomic E-state index is 11.1. The minimum Gasteiger partial charge on any atom is -0.248 e. The molecule has 0 aliphatic carbocycles. The first kappa shape index (κ1) is 10.5. The van der Waals surface area contributed by atoms with E-state index in [4.69, 9.17) is 11.6 Å². The van der Waals surface area contributed by atoms with E-state index < -0.39 is 11.9 Å². The fraction of sp³-hybridized carbons (Fsp3) is 0.111. The summed E-state index contributed by atoms with van der Waals surface area (Å²) in [7, 11) is 0. The van der Waals surface area contributed by atoms with Crippen LogP contribution in [0.3, 0.4) is 0 Å². The van der Waals surface area contributed by atoms with E-state index in [1.54, 1.807) is 12.1 Å². The summed E-state index contributed by atoms with van der Waals surface area (Å²) in [5, 5.41) is 0.405. The van der Waals surface area contributed by atoms with Crippen molar-refractivity contribution in [2.75, 3.05) is 0 Å². The highest BCUT2D eigenvalue weighted by Gasteiger charge is 2.09. The zero-order chi connectivity index (χ0) is 10.6. The van der Waals surface area contributed by atoms with Crippen molar-refractivity contribution < 1.29 is 19.4 Å². The van der Waals surface area contributed by atoms with Gasteiger partial charge in [-0.05, 0) is 18.2 Å². The van der Waals surface area contributed by atoms with E-state index in [9.17, 15) is 9.59 Å². The zero-order valence-electron chi connectivity index (χ0n) is 7.32. The van der Waals surface area contributed by atoms with Crippen LogP contribution in [0.1, 0.15) is 17.3 Å². The van der Waals surface area contributed by atoms with Gasteiger partial charge in [-0.15, -0.1) is 0 Å². The molecular weight excluding hydrogens is 208 g/mol. The van der Waals surface area contributed by atoms with E-state index in [1.807, 2.05) is 0 Å². The third-order valence-electron chi connectivity index (χ3n) is 1.30. The molecule has 1 aromatic carbocycles. The molecule has 0 saturated carbocycles. The van der Waals surface area contributed by atoms with Crippen LogP contribution in [-0.4, -0.2) is 11.9 Å². The molecular formula is C9H7ClO4. The molecule has 1 rings (SSSR count). The van der Waals surface area contributed by atoms with Crippen molar-refractivity contribution in [3.05, 3.63) is 34.9 Å². The highest BCUT2D eigenvalue weighted by Crippen LogP contribution is 2.11. The third kappa shape index (κ3) is 3.06. The maximum atomic E-state index is 11.1. The van der Waals surface area contributed by atoms with Gasteiger partial charge in [0.15, 0.2) is 0 Å². The standard InChI is InChI=1S/C9H7ClO4/c1-6(11)13-14-9(12)7-3-2-4-8(10)5-7/h2-5H,1H3. The van der Waals surface area contributed by atoms with Crippen LogP contribution in [0.5, 0.6) is 0 Å². The van der Waals surface area contributed by atoms with Crippen molar-refractivity contribution in [3.8, 4) is 0 Å². The molecule has 0 unspecified atom stereocenters. The van der Waals surface area contributed by atoms with Crippen LogP contribution >= 0.6 is 11.6 Å². The monoisotopic (exact) mass is 214 g/mol. The quantitative estimate of drug-likeness (QED) is 0.530. The van der Waals surface area contributed by atoms with E-state index in [2.05, 4.69) is 9.78 Å². The fourth-order valence-corrected chi connectivity index (χ4v) is 0.950. The molecule has 0 amide bonds. The molecule has 0 radical (unpaired) electrons. The van der Waals surface area contributed by atoms with Crippen LogP contribution < -0.4 is 0 Å². The van der Waals surface area contributed by atoms with Crippen LogP contribution in [0.2, 0.25) is 5.02 Å². The first-order valence-corrected chi connectivity index (χ1v) is 4.12. The molecule has 0 atom stereocenters. The molecule has 0 aliphatic rings. The van der Waals surface area contributed by atoms with Crippen LogP contribution in [0, 0.1) is 0 Å². The van der Waals surface area contributed by atoms with Gasteiger partial charge in [0.1, 0.15) is 0 Å². The molecule has 0 bridgehead atoms. The first-order chi connectivity index (χ1) is 6.59. The molecule has 0 aliphatic heterocycles. The molecule has 0 N–H and O–H groups in total. The lowest BCUT2D eigenvalue weighted by Gasteiger charge is -2.00. The maximum Gasteiger partial charge on any atom is 0.386 e. The summed E-state index contributed by atoms with van der Waals surface area (Å²) >= 11 is 5.64. The van der Waals surface area contributed by atoms with Gasteiger partial charge in [0.25, 0.3) is 0 Å². The van der Waals surface area contributed by atoms with E-state index in [0.29, 0.717) is 5.02 Å². The molecule has 5 heteroatoms. The Morgan fingerprint density at radius 1 is 1.29 bits per heavy atom. The first-order valence-electron chi connectivity index (χ1n) is 3.74. The van der Waals surface area contributed by atoms with Gasteiger partial charge in [-0.3, -0.25) is 0 Å². The van der Waals surface area contributed by atoms with Crippen molar-refractivity contribution in [2.45, 2.75) is 6.92 Å². The summed E-state index contributed by atoms with van der Waals surface area (Å²) in [5.41, 5.74) is 0.221. The Kier molecular flexibility index (Phi) is 3.48. The topological polar surface area (TPSA) is 52.6 Å². The van der Waals surface area contributed by atoms with Crippen LogP contribution in [-0.2, 0) is 14.6 Å². The minimum atomic E-state index is -0.761. The molecule has 1 aromatic rings. The number of halogens is 1. The van der Waals surface area contributed by atoms with E-state index >= 15 is 0 Å². The van der Waals surface area contributed by atoms with Crippen molar-refractivity contribution in [1.82, 2.24) is 0 Å². The average Bonchev–Trinajstić information content (AvgIpc) is 2.14. The number of carbonyl (C=O) groups is 2. The molecule has 0 aromatic heterocycles. The van der Waals surface area contributed by atoms with Gasteiger partial charge in [0.05, 0.1) is 5.56 Å². The molecule has 0 saturated heterocycles. The summed E-state index contributed by atoms with van der Waals surface area (Å²) in [6, 6.07) is 6.11. The second kappa shape index (κ2) is 4.62. The lowest BCUT2D eigenvalue weighted by molar-refractivity contribution is -0.231. The molecule has 4 nitrogen and oxygen atoms in total. The predicted octanol–water partition coefficient (Wildman–Crippen LogP) is 1.97. The molecule has 0 heterocycles. The van der Waals surface area contributed by atoms with E-state index in [1.165, 1.54) is 12.1 Å². The average molecular weight is 215 g/mol. The largest absolute Gasteiger partial charge is 0.386 e. The zero-order valence-corrected chi connectivity index (χ0v) is 8.08. The lowest BCUT2D eigenvalue weighted by Crippen LogP contribution is -2.08. The second-order valence-corrected chi connectivity index (χ2v) is 2.89. The van der Waals surface area contributed by atoms with Crippen molar-refractivity contribution in [2.24, 2.45) is 0 Å². The van der Waals surface area contributed by atoms with Crippen LogP contribution in [0.4, 0.5) is 0 Å². The van der Waals surface area contributed by atoms with E-state index in [0.717, 1.165) is 6.92 Å². The number of hydrogen-bond acceptors (Lipinski definition) is 4. The Bertz CT molecular complexity index is 362. The van der Waals surface area contributed by atoms with Crippen molar-refractivity contribution >= 4 is 23.5 Å². The summed E-state index contributed by atoms with van der Waals surface area (Å²) in [5.74, 6) is -1.46. The molecule has 0 spiro atoms. The summed E-state index contributed by atoms with van der Waals surface area (Å²) in [6.07, 6.45) is 0. The van der Waals surface area contributed by atoms with Gasteiger partial charge in [-0.1, -0.05) is 17.7 Å². The van der Waals surface area contributed by atoms with Gasteiger partial charge >= 0.3 is 11.9 Å². The van der Waals surface area contributed by atoms with Gasteiger partial charge < -0.3 is 0 Å². The summed E-state index contributed by atoms with van der Waals surface area (Å²) in [4.78, 5) is 29.7. The Morgan fingerprint density at radius 2 is 2.00 bits per heavy atom. The predicted molar refractivity (Wildman–Crippen MR) is 48.6 cm³/mol. The number of carbonyl (C=O) groups excluding carboxylic acids is 2. The van der Waals surface area contributed by atoms with E-state index in [-0.39, 0.29) is 5.56 Å². The molecule has 14 heavy (non-hydrogen) atoms. The van der Waals surface area contributed by atoms with Gasteiger partial charge in [-0.25, -0.2) is 19.4 Å². The normalized spacial score (nSPS) is 9.29. The highest BCUT2D eigenvalue weighted by atomic mass is 35.5. The SMILES string of the molecule is CC(=O)OOC(=O)c1cccc(Cl)c1. The second-order valence-electron chi connectivity index (χ2n) is 2.46. The van der Waals surface area contributed by atoms with Gasteiger partial charge in [-0.2, -0.15) is 0 Å². The number of benzene rings is 1. The Labute approximate surface area is 85.3 Å². The van der Waals surface area contributed by atoms with Crippen molar-refractivity contribution in [1.29, 1.82) is 0 Å². The Hall–Kier alpha value is -1.55. The van der Waals surface area contributed by atoms with Gasteiger partial charge in [0.2, 0.25) is 0 Å². The number of hydrogen-bond donors (Lipinski definition) is 0.